The molecule has 0 aliphatic heterocycles. The molecule has 4 aliphatic rings. The summed E-state index contributed by atoms with van der Waals surface area (Å²) in [7, 11) is 1.89. The summed E-state index contributed by atoms with van der Waals surface area (Å²) >= 11 is 0. The van der Waals surface area contributed by atoms with Gasteiger partial charge >= 0.3 is 0 Å². The lowest BCUT2D eigenvalue weighted by Gasteiger charge is -2.61. The van der Waals surface area contributed by atoms with Gasteiger partial charge in [-0.2, -0.15) is 0 Å². The second-order valence-corrected chi connectivity index (χ2v) is 9.54. The maximum Gasteiger partial charge on any atom is 0.0639 e. The van der Waals surface area contributed by atoms with E-state index in [0.717, 1.165) is 42.9 Å². The summed E-state index contributed by atoms with van der Waals surface area (Å²) in [6, 6.07) is 0. The summed E-state index contributed by atoms with van der Waals surface area (Å²) in [4.78, 5) is 0. The Morgan fingerprint density at radius 2 is 1.92 bits per heavy atom. The van der Waals surface area contributed by atoms with Gasteiger partial charge in [0.2, 0.25) is 0 Å². The van der Waals surface area contributed by atoms with Gasteiger partial charge in [-0.05, 0) is 86.9 Å². The van der Waals surface area contributed by atoms with Gasteiger partial charge in [-0.1, -0.05) is 6.92 Å². The third-order valence-electron chi connectivity index (χ3n) is 8.99. The standard InChI is InChI=1S/C22H34O2/c1-4-11-22-13-10-18-17(19(22)7-8-20(22)24-3)6-5-15-14-16(23)9-12-21(15,18)2/h1,15-20,23H,5-14H2,2-3H3/t15-,16-,17-,18+,19+,20+,21+,22+/m1/s1. The van der Waals surface area contributed by atoms with E-state index in [4.69, 9.17) is 11.2 Å². The molecule has 0 spiro atoms. The van der Waals surface area contributed by atoms with E-state index in [1.165, 1.54) is 44.9 Å². The first-order valence-corrected chi connectivity index (χ1v) is 10.2. The number of hydrogen-bond donors (Lipinski definition) is 1. The van der Waals surface area contributed by atoms with E-state index in [1.54, 1.807) is 0 Å². The molecule has 0 aromatic carbocycles. The van der Waals surface area contributed by atoms with E-state index in [-0.39, 0.29) is 11.5 Å². The van der Waals surface area contributed by atoms with E-state index in [2.05, 4.69) is 12.8 Å². The summed E-state index contributed by atoms with van der Waals surface area (Å²) < 4.78 is 5.93. The fraction of sp³-hybridized carbons (Fsp3) is 0.909. The summed E-state index contributed by atoms with van der Waals surface area (Å²) in [5.41, 5.74) is 0.706. The Bertz CT molecular complexity index is 523. The van der Waals surface area contributed by atoms with Crippen molar-refractivity contribution in [2.24, 2.45) is 34.5 Å². The third kappa shape index (κ3) is 2.24. The number of hydrogen-bond acceptors (Lipinski definition) is 2. The molecule has 134 valence electrons. The van der Waals surface area contributed by atoms with E-state index < -0.39 is 0 Å². The smallest absolute Gasteiger partial charge is 0.0639 e. The molecule has 8 atom stereocenters. The topological polar surface area (TPSA) is 29.5 Å². The highest BCUT2D eigenvalue weighted by atomic mass is 16.5. The molecule has 24 heavy (non-hydrogen) atoms. The van der Waals surface area contributed by atoms with Crippen LogP contribution in [0.15, 0.2) is 0 Å². The molecule has 2 heteroatoms. The van der Waals surface area contributed by atoms with Gasteiger partial charge in [-0.3, -0.25) is 0 Å². The Morgan fingerprint density at radius 3 is 2.67 bits per heavy atom. The van der Waals surface area contributed by atoms with Crippen LogP contribution in [0.25, 0.3) is 0 Å². The van der Waals surface area contributed by atoms with Crippen LogP contribution in [0.2, 0.25) is 0 Å². The van der Waals surface area contributed by atoms with Gasteiger partial charge in [0.1, 0.15) is 0 Å². The molecule has 0 bridgehead atoms. The molecule has 0 radical (unpaired) electrons. The summed E-state index contributed by atoms with van der Waals surface area (Å²) in [6.07, 6.45) is 18.1. The maximum atomic E-state index is 10.1. The Labute approximate surface area is 147 Å². The van der Waals surface area contributed by atoms with E-state index in [9.17, 15) is 5.11 Å². The number of ether oxygens (including phenoxy) is 1. The normalized spacial score (nSPS) is 53.6. The van der Waals surface area contributed by atoms with E-state index >= 15 is 0 Å². The zero-order valence-electron chi connectivity index (χ0n) is 15.5. The molecule has 0 amide bonds. The van der Waals surface area contributed by atoms with Crippen LogP contribution < -0.4 is 0 Å². The van der Waals surface area contributed by atoms with Crippen molar-refractivity contribution in [1.82, 2.24) is 0 Å². The van der Waals surface area contributed by atoms with Gasteiger partial charge in [0.25, 0.3) is 0 Å². The molecule has 0 aromatic rings. The lowest BCUT2D eigenvalue weighted by molar-refractivity contribution is -0.141. The SMILES string of the molecule is C#CC[C@]12CC[C@H]3[C@@H](CC[C@@H]4C[C@H](O)CC[C@@]43C)[C@@H]1CC[C@@H]2OC. The molecule has 4 saturated carbocycles. The predicted octanol–water partition coefficient (Wildman–Crippen LogP) is 4.41. The molecule has 4 aliphatic carbocycles. The lowest BCUT2D eigenvalue weighted by Crippen LogP contribution is -2.55. The van der Waals surface area contributed by atoms with Gasteiger partial charge in [-0.25, -0.2) is 0 Å². The minimum Gasteiger partial charge on any atom is -0.393 e. The first kappa shape index (κ1) is 16.9. The second-order valence-electron chi connectivity index (χ2n) is 9.54. The first-order chi connectivity index (χ1) is 11.5. The number of aliphatic hydroxyl groups is 1. The number of methoxy groups -OCH3 is 1. The minimum absolute atomic E-state index is 0.0481. The van der Waals surface area contributed by atoms with Gasteiger partial charge < -0.3 is 9.84 Å². The van der Waals surface area contributed by atoms with Gasteiger partial charge in [0, 0.05) is 18.9 Å². The van der Waals surface area contributed by atoms with Crippen molar-refractivity contribution < 1.29 is 9.84 Å². The fourth-order valence-corrected chi connectivity index (χ4v) is 7.87. The maximum absolute atomic E-state index is 10.1. The van der Waals surface area contributed by atoms with Crippen molar-refractivity contribution in [2.45, 2.75) is 83.3 Å². The van der Waals surface area contributed by atoms with Crippen LogP contribution in [0.1, 0.15) is 71.1 Å². The van der Waals surface area contributed by atoms with E-state index in [0.29, 0.717) is 11.5 Å². The summed E-state index contributed by atoms with van der Waals surface area (Å²) in [5, 5.41) is 10.1. The van der Waals surface area contributed by atoms with Crippen molar-refractivity contribution in [3.8, 4) is 12.3 Å². The first-order valence-electron chi connectivity index (χ1n) is 10.2. The number of terminal acetylenes is 1. The number of rotatable bonds is 2. The monoisotopic (exact) mass is 330 g/mol. The molecular weight excluding hydrogens is 296 g/mol. The van der Waals surface area contributed by atoms with Crippen LogP contribution in [0, 0.1) is 46.8 Å². The summed E-state index contributed by atoms with van der Waals surface area (Å²) in [6.45, 7) is 2.55. The zero-order chi connectivity index (χ0) is 16.9. The van der Waals surface area contributed by atoms with Gasteiger partial charge in [0.15, 0.2) is 0 Å². The predicted molar refractivity (Wildman–Crippen MR) is 96.3 cm³/mol. The molecule has 4 rings (SSSR count). The van der Waals surface area contributed by atoms with Crippen LogP contribution in [0.3, 0.4) is 0 Å². The zero-order valence-corrected chi connectivity index (χ0v) is 15.5. The minimum atomic E-state index is -0.0481. The lowest BCUT2D eigenvalue weighted by atomic mass is 9.44. The summed E-state index contributed by atoms with van der Waals surface area (Å²) in [5.74, 6) is 6.20. The fourth-order valence-electron chi connectivity index (χ4n) is 7.87. The van der Waals surface area contributed by atoms with Crippen LogP contribution in [0.4, 0.5) is 0 Å². The number of fused-ring (bicyclic) bond motifs is 5. The van der Waals surface area contributed by atoms with Crippen molar-refractivity contribution in [3.05, 3.63) is 0 Å². The van der Waals surface area contributed by atoms with Crippen LogP contribution in [-0.4, -0.2) is 24.4 Å². The quantitative estimate of drug-likeness (QED) is 0.760. The molecule has 0 saturated heterocycles. The average molecular weight is 331 g/mol. The Balaban J connectivity index is 1.63. The average Bonchev–Trinajstić information content (AvgIpc) is 2.94. The molecule has 0 aromatic heterocycles. The molecule has 0 unspecified atom stereocenters. The highest BCUT2D eigenvalue weighted by Gasteiger charge is 2.61. The number of aliphatic hydroxyl groups excluding tert-OH is 1. The van der Waals surface area contributed by atoms with E-state index in [1.807, 2.05) is 7.11 Å². The van der Waals surface area contributed by atoms with Crippen molar-refractivity contribution in [2.75, 3.05) is 7.11 Å². The Morgan fingerprint density at radius 1 is 1.08 bits per heavy atom. The Hall–Kier alpha value is -0.520. The Kier molecular flexibility index (Phi) is 4.25. The highest BCUT2D eigenvalue weighted by Crippen LogP contribution is 2.67. The molecule has 2 nitrogen and oxygen atoms in total. The van der Waals surface area contributed by atoms with Crippen LogP contribution >= 0.6 is 0 Å². The highest BCUT2D eigenvalue weighted by molar-refractivity contribution is 5.13. The molecule has 1 N–H and O–H groups in total. The van der Waals surface area contributed by atoms with Crippen LogP contribution in [0.5, 0.6) is 0 Å². The van der Waals surface area contributed by atoms with Gasteiger partial charge in [-0.15, -0.1) is 12.3 Å². The largest absolute Gasteiger partial charge is 0.393 e. The molecule has 4 fully saturated rings. The third-order valence-corrected chi connectivity index (χ3v) is 8.99. The molecular formula is C22H34O2. The second kappa shape index (κ2) is 6.03. The van der Waals surface area contributed by atoms with Crippen molar-refractivity contribution in [3.63, 3.8) is 0 Å². The van der Waals surface area contributed by atoms with Crippen molar-refractivity contribution >= 4 is 0 Å². The van der Waals surface area contributed by atoms with Crippen molar-refractivity contribution in [1.29, 1.82) is 0 Å². The molecule has 0 heterocycles. The van der Waals surface area contributed by atoms with Gasteiger partial charge in [0.05, 0.1) is 12.2 Å². The van der Waals surface area contributed by atoms with Crippen LogP contribution in [-0.2, 0) is 4.74 Å².